The van der Waals surface area contributed by atoms with Gasteiger partial charge in [-0.2, -0.15) is 0 Å². The molecule has 3 rings (SSSR count). The molecule has 0 aliphatic carbocycles. The standard InChI is InChI=1S/C18H16N2/c1-13-11-12-20-18(17(13)19)16-9-7-15(8-10-16)14-5-3-2-4-6-14/h2-12H,19H2,1H3. The summed E-state index contributed by atoms with van der Waals surface area (Å²) in [6, 6.07) is 20.6. The summed E-state index contributed by atoms with van der Waals surface area (Å²) >= 11 is 0. The highest BCUT2D eigenvalue weighted by Crippen LogP contribution is 2.28. The third-order valence-corrected chi connectivity index (χ3v) is 3.47. The van der Waals surface area contributed by atoms with Crippen molar-refractivity contribution >= 4 is 5.69 Å². The lowest BCUT2D eigenvalue weighted by Gasteiger charge is -2.08. The van der Waals surface area contributed by atoms with Gasteiger partial charge in [-0.1, -0.05) is 54.6 Å². The van der Waals surface area contributed by atoms with Crippen LogP contribution in [-0.4, -0.2) is 4.98 Å². The minimum absolute atomic E-state index is 0.750. The molecule has 0 bridgehead atoms. The summed E-state index contributed by atoms with van der Waals surface area (Å²) in [4.78, 5) is 4.39. The molecular formula is C18H16N2. The SMILES string of the molecule is Cc1ccnc(-c2ccc(-c3ccccc3)cc2)c1N. The van der Waals surface area contributed by atoms with Crippen molar-refractivity contribution in [1.29, 1.82) is 0 Å². The van der Waals surface area contributed by atoms with Crippen LogP contribution in [-0.2, 0) is 0 Å². The van der Waals surface area contributed by atoms with Gasteiger partial charge in [-0.25, -0.2) is 0 Å². The van der Waals surface area contributed by atoms with E-state index in [0.29, 0.717) is 0 Å². The zero-order chi connectivity index (χ0) is 13.9. The molecule has 20 heavy (non-hydrogen) atoms. The van der Waals surface area contributed by atoms with Crippen LogP contribution in [0.3, 0.4) is 0 Å². The van der Waals surface area contributed by atoms with Crippen molar-refractivity contribution in [1.82, 2.24) is 4.98 Å². The van der Waals surface area contributed by atoms with E-state index in [4.69, 9.17) is 5.73 Å². The predicted molar refractivity (Wildman–Crippen MR) is 84.3 cm³/mol. The summed E-state index contributed by atoms with van der Waals surface area (Å²) in [6.45, 7) is 2.00. The van der Waals surface area contributed by atoms with E-state index in [9.17, 15) is 0 Å². The predicted octanol–water partition coefficient (Wildman–Crippen LogP) is 4.31. The van der Waals surface area contributed by atoms with Gasteiger partial charge in [0.2, 0.25) is 0 Å². The van der Waals surface area contributed by atoms with Crippen LogP contribution < -0.4 is 5.73 Å². The number of hydrogen-bond donors (Lipinski definition) is 1. The summed E-state index contributed by atoms with van der Waals surface area (Å²) in [7, 11) is 0. The topological polar surface area (TPSA) is 38.9 Å². The first-order chi connectivity index (χ1) is 9.75. The Hall–Kier alpha value is -2.61. The Morgan fingerprint density at radius 2 is 1.35 bits per heavy atom. The fourth-order valence-corrected chi connectivity index (χ4v) is 2.25. The van der Waals surface area contributed by atoms with Crippen LogP contribution in [0.15, 0.2) is 66.9 Å². The summed E-state index contributed by atoms with van der Waals surface area (Å²) in [5.41, 5.74) is 12.2. The molecule has 0 aliphatic rings. The van der Waals surface area contributed by atoms with Gasteiger partial charge in [0.1, 0.15) is 0 Å². The van der Waals surface area contributed by atoms with Crippen LogP contribution in [0.5, 0.6) is 0 Å². The van der Waals surface area contributed by atoms with E-state index in [1.54, 1.807) is 6.20 Å². The largest absolute Gasteiger partial charge is 0.397 e. The minimum atomic E-state index is 0.750. The van der Waals surface area contributed by atoms with Gasteiger partial charge in [0.25, 0.3) is 0 Å². The Kier molecular flexibility index (Phi) is 3.21. The molecule has 0 fully saturated rings. The second kappa shape index (κ2) is 5.17. The summed E-state index contributed by atoms with van der Waals surface area (Å²) in [5.74, 6) is 0. The molecule has 0 radical (unpaired) electrons. The minimum Gasteiger partial charge on any atom is -0.397 e. The molecule has 3 aromatic rings. The lowest BCUT2D eigenvalue weighted by molar-refractivity contribution is 1.29. The molecule has 0 aliphatic heterocycles. The molecule has 2 N–H and O–H groups in total. The summed E-state index contributed by atoms with van der Waals surface area (Å²) in [5, 5.41) is 0. The van der Waals surface area contributed by atoms with Gasteiger partial charge in [0, 0.05) is 11.8 Å². The van der Waals surface area contributed by atoms with Crippen LogP contribution >= 0.6 is 0 Å². The highest BCUT2D eigenvalue weighted by Gasteiger charge is 2.06. The molecule has 2 heteroatoms. The van der Waals surface area contributed by atoms with E-state index in [1.165, 1.54) is 11.1 Å². The molecule has 0 atom stereocenters. The van der Waals surface area contributed by atoms with E-state index in [1.807, 2.05) is 31.2 Å². The lowest BCUT2D eigenvalue weighted by atomic mass is 10.0. The number of pyridine rings is 1. The van der Waals surface area contributed by atoms with Gasteiger partial charge in [-0.05, 0) is 29.7 Å². The number of rotatable bonds is 2. The lowest BCUT2D eigenvalue weighted by Crippen LogP contribution is -1.96. The Bertz CT molecular complexity index is 716. The first-order valence-electron chi connectivity index (χ1n) is 6.62. The second-order valence-corrected chi connectivity index (χ2v) is 4.83. The zero-order valence-corrected chi connectivity index (χ0v) is 11.4. The van der Waals surface area contributed by atoms with Crippen molar-refractivity contribution in [2.45, 2.75) is 6.92 Å². The molecular weight excluding hydrogens is 244 g/mol. The van der Waals surface area contributed by atoms with E-state index < -0.39 is 0 Å². The average Bonchev–Trinajstić information content (AvgIpc) is 2.51. The molecule has 0 spiro atoms. The van der Waals surface area contributed by atoms with Crippen molar-refractivity contribution in [2.24, 2.45) is 0 Å². The second-order valence-electron chi connectivity index (χ2n) is 4.83. The maximum atomic E-state index is 6.10. The average molecular weight is 260 g/mol. The van der Waals surface area contributed by atoms with Gasteiger partial charge >= 0.3 is 0 Å². The van der Waals surface area contributed by atoms with Gasteiger partial charge in [0.05, 0.1) is 11.4 Å². The Labute approximate surface area is 118 Å². The van der Waals surface area contributed by atoms with E-state index in [-0.39, 0.29) is 0 Å². The highest BCUT2D eigenvalue weighted by molar-refractivity contribution is 5.76. The molecule has 0 saturated carbocycles. The maximum absolute atomic E-state index is 6.10. The fraction of sp³-hybridized carbons (Fsp3) is 0.0556. The number of hydrogen-bond acceptors (Lipinski definition) is 2. The number of aryl methyl sites for hydroxylation is 1. The van der Waals surface area contributed by atoms with E-state index in [2.05, 4.69) is 41.4 Å². The summed E-state index contributed by atoms with van der Waals surface area (Å²) < 4.78 is 0. The Morgan fingerprint density at radius 3 is 2.05 bits per heavy atom. The number of benzene rings is 2. The van der Waals surface area contributed by atoms with Crippen molar-refractivity contribution < 1.29 is 0 Å². The van der Waals surface area contributed by atoms with Crippen molar-refractivity contribution in [3.05, 3.63) is 72.4 Å². The molecule has 1 aromatic heterocycles. The number of anilines is 1. The third-order valence-electron chi connectivity index (χ3n) is 3.47. The van der Waals surface area contributed by atoms with Crippen molar-refractivity contribution in [2.75, 3.05) is 5.73 Å². The molecule has 0 amide bonds. The van der Waals surface area contributed by atoms with Gasteiger partial charge < -0.3 is 5.73 Å². The quantitative estimate of drug-likeness (QED) is 0.745. The zero-order valence-electron chi connectivity index (χ0n) is 11.4. The van der Waals surface area contributed by atoms with Gasteiger partial charge in [-0.15, -0.1) is 0 Å². The number of aromatic nitrogens is 1. The number of nitrogen functional groups attached to an aromatic ring is 1. The third kappa shape index (κ3) is 2.28. The van der Waals surface area contributed by atoms with Crippen molar-refractivity contribution in [3.63, 3.8) is 0 Å². The van der Waals surface area contributed by atoms with E-state index >= 15 is 0 Å². The number of nitrogens with two attached hydrogens (primary N) is 1. The molecule has 98 valence electrons. The Balaban J connectivity index is 2.00. The van der Waals surface area contributed by atoms with Crippen LogP contribution in [0.4, 0.5) is 5.69 Å². The summed E-state index contributed by atoms with van der Waals surface area (Å²) in [6.07, 6.45) is 1.80. The van der Waals surface area contributed by atoms with Gasteiger partial charge in [-0.3, -0.25) is 4.98 Å². The molecule has 2 nitrogen and oxygen atoms in total. The smallest absolute Gasteiger partial charge is 0.0933 e. The Morgan fingerprint density at radius 1 is 0.750 bits per heavy atom. The highest BCUT2D eigenvalue weighted by atomic mass is 14.7. The molecule has 0 unspecified atom stereocenters. The first-order valence-corrected chi connectivity index (χ1v) is 6.62. The van der Waals surface area contributed by atoms with Crippen LogP contribution in [0.1, 0.15) is 5.56 Å². The number of nitrogens with zero attached hydrogens (tertiary/aromatic N) is 1. The normalized spacial score (nSPS) is 10.4. The van der Waals surface area contributed by atoms with Crippen LogP contribution in [0.2, 0.25) is 0 Å². The molecule has 1 heterocycles. The first kappa shape index (κ1) is 12.4. The monoisotopic (exact) mass is 260 g/mol. The van der Waals surface area contributed by atoms with Crippen LogP contribution in [0, 0.1) is 6.92 Å². The fourth-order valence-electron chi connectivity index (χ4n) is 2.25. The van der Waals surface area contributed by atoms with Gasteiger partial charge in [0.15, 0.2) is 0 Å². The maximum Gasteiger partial charge on any atom is 0.0933 e. The van der Waals surface area contributed by atoms with E-state index in [0.717, 1.165) is 22.5 Å². The van der Waals surface area contributed by atoms with Crippen molar-refractivity contribution in [3.8, 4) is 22.4 Å². The molecule has 0 saturated heterocycles. The molecule has 2 aromatic carbocycles. The van der Waals surface area contributed by atoms with Crippen LogP contribution in [0.25, 0.3) is 22.4 Å².